The first-order chi connectivity index (χ1) is 24.2. The molecule has 0 aliphatic heterocycles. The summed E-state index contributed by atoms with van der Waals surface area (Å²) >= 11 is 3.86. The summed E-state index contributed by atoms with van der Waals surface area (Å²) in [5, 5.41) is 10.3. The molecule has 5 heterocycles. The number of H-pyrrole nitrogens is 2. The van der Waals surface area contributed by atoms with Gasteiger partial charge in [0.05, 0.1) is 11.0 Å². The number of fused-ring (bicyclic) bond motifs is 8. The zero-order valence-corrected chi connectivity index (χ0v) is 34.4. The van der Waals surface area contributed by atoms with Crippen LogP contribution in [0.2, 0.25) is 0 Å². The molecule has 2 nitrogen and oxygen atoms in total. The molecule has 2 N–H and O–H groups in total. The Morgan fingerprint density at radius 3 is 0.981 bits per heavy atom. The van der Waals surface area contributed by atoms with Crippen molar-refractivity contribution in [3.05, 3.63) is 95.1 Å². The van der Waals surface area contributed by atoms with Crippen LogP contribution in [0.25, 0.3) is 84.0 Å². The van der Waals surface area contributed by atoms with Crippen LogP contribution in [0, 0.1) is 0 Å². The predicted octanol–water partition coefficient (Wildman–Crippen LogP) is 15.4. The molecule has 0 saturated heterocycles. The number of nitrogens with one attached hydrogen (secondary N) is 2. The lowest BCUT2D eigenvalue weighted by molar-refractivity contribution is 0.591. The first-order valence-corrected chi connectivity index (χ1v) is 20.4. The number of aromatic amines is 2. The van der Waals surface area contributed by atoms with Crippen molar-refractivity contribution in [3.8, 4) is 0 Å². The Bertz CT molecular complexity index is 2570. The van der Waals surface area contributed by atoms with Gasteiger partial charge in [-0.3, -0.25) is 0 Å². The third-order valence-corrected chi connectivity index (χ3v) is 13.5. The molecule has 0 unspecified atom stereocenters. The maximum absolute atomic E-state index is 4.03. The van der Waals surface area contributed by atoms with Gasteiger partial charge in [-0.1, -0.05) is 83.1 Å². The van der Waals surface area contributed by atoms with E-state index >= 15 is 0 Å². The summed E-state index contributed by atoms with van der Waals surface area (Å²) in [6.45, 7) is 28.0. The molecule has 264 valence electrons. The van der Waals surface area contributed by atoms with Gasteiger partial charge in [0.2, 0.25) is 0 Å². The zero-order chi connectivity index (χ0) is 36.9. The quantitative estimate of drug-likeness (QED) is 0.156. The maximum atomic E-state index is 4.03. The fourth-order valence-electron chi connectivity index (χ4n) is 7.89. The van der Waals surface area contributed by atoms with E-state index in [2.05, 4.69) is 166 Å². The zero-order valence-electron chi connectivity index (χ0n) is 32.7. The van der Waals surface area contributed by atoms with E-state index in [1.54, 1.807) is 0 Å². The molecule has 8 bridgehead atoms. The van der Waals surface area contributed by atoms with E-state index in [0.29, 0.717) is 0 Å². The molecule has 9 aromatic rings. The van der Waals surface area contributed by atoms with Crippen LogP contribution in [-0.4, -0.2) is 9.97 Å². The van der Waals surface area contributed by atoms with E-state index < -0.39 is 0 Å². The molecule has 0 radical (unpaired) electrons. The maximum Gasteiger partial charge on any atom is 0.0546 e. The number of hydrogen-bond donors (Lipinski definition) is 2. The molecule has 5 aromatic heterocycles. The van der Waals surface area contributed by atoms with Crippen LogP contribution >= 0.6 is 22.7 Å². The van der Waals surface area contributed by atoms with Crippen molar-refractivity contribution >= 4 is 107 Å². The van der Waals surface area contributed by atoms with Gasteiger partial charge in [0.25, 0.3) is 0 Å². The number of aromatic nitrogens is 2. The number of rotatable bonds is 0. The van der Waals surface area contributed by atoms with Gasteiger partial charge in [-0.2, -0.15) is 0 Å². The monoisotopic (exact) mass is 718 g/mol. The van der Waals surface area contributed by atoms with Crippen molar-refractivity contribution in [3.63, 3.8) is 0 Å². The first kappa shape index (κ1) is 33.7. The summed E-state index contributed by atoms with van der Waals surface area (Å²) in [6.07, 6.45) is 0. The van der Waals surface area contributed by atoms with E-state index in [1.165, 1.54) is 106 Å². The molecular weight excluding hydrogens is 669 g/mol. The van der Waals surface area contributed by atoms with E-state index in [-0.39, 0.29) is 21.7 Å². The Balaban J connectivity index is 1.60. The lowest BCUT2D eigenvalue weighted by Crippen LogP contribution is -2.10. The van der Waals surface area contributed by atoms with Gasteiger partial charge in [0, 0.05) is 72.9 Å². The summed E-state index contributed by atoms with van der Waals surface area (Å²) < 4.78 is 5.27. The van der Waals surface area contributed by atoms with Crippen molar-refractivity contribution in [2.24, 2.45) is 0 Å². The van der Waals surface area contributed by atoms with Crippen LogP contribution in [0.4, 0.5) is 0 Å². The van der Waals surface area contributed by atoms with Crippen LogP contribution in [0.15, 0.2) is 72.8 Å². The Kier molecular flexibility index (Phi) is 6.96. The highest BCUT2D eigenvalue weighted by Gasteiger charge is 2.23. The Hall–Kier alpha value is -4.12. The number of thiophene rings is 2. The second-order valence-corrected chi connectivity index (χ2v) is 21.6. The van der Waals surface area contributed by atoms with Gasteiger partial charge in [-0.25, -0.2) is 0 Å². The van der Waals surface area contributed by atoms with Crippen molar-refractivity contribution < 1.29 is 0 Å². The normalized spacial score (nSPS) is 13.8. The van der Waals surface area contributed by atoms with E-state index in [4.69, 9.17) is 0 Å². The summed E-state index contributed by atoms with van der Waals surface area (Å²) in [5.74, 6) is 0. The van der Waals surface area contributed by atoms with Gasteiger partial charge >= 0.3 is 0 Å². The van der Waals surface area contributed by atoms with E-state index in [0.717, 1.165) is 0 Å². The Morgan fingerprint density at radius 1 is 0.327 bits per heavy atom. The van der Waals surface area contributed by atoms with Gasteiger partial charge in [-0.05, 0) is 117 Å². The lowest BCUT2D eigenvalue weighted by atomic mass is 9.85. The summed E-state index contributed by atoms with van der Waals surface area (Å²) in [5.41, 5.74) is 10.3. The second kappa shape index (κ2) is 10.7. The average Bonchev–Trinajstić information content (AvgIpc) is 3.83. The van der Waals surface area contributed by atoms with Gasteiger partial charge in [-0.15, -0.1) is 22.7 Å². The van der Waals surface area contributed by atoms with Crippen LogP contribution in [0.3, 0.4) is 0 Å². The van der Waals surface area contributed by atoms with Gasteiger partial charge in [0.15, 0.2) is 0 Å². The van der Waals surface area contributed by atoms with Crippen LogP contribution in [-0.2, 0) is 21.7 Å². The molecule has 0 fully saturated rings. The smallest absolute Gasteiger partial charge is 0.0546 e. The molecule has 0 amide bonds. The third-order valence-electron chi connectivity index (χ3n) is 11.3. The number of hydrogen-bond acceptors (Lipinski definition) is 2. The highest BCUT2D eigenvalue weighted by molar-refractivity contribution is 7.25. The Labute approximate surface area is 314 Å². The minimum atomic E-state index is 0.00895. The topological polar surface area (TPSA) is 31.6 Å². The average molecular weight is 719 g/mol. The minimum Gasteiger partial charge on any atom is -0.354 e. The SMILES string of the molecule is CC(C)(C)c1cc2sc3cc2c(c1)c1cc2cc(C(C)(C)C)cc(c4cc5c(cc(C(C)(C)C)cc5c5cc6cc(C(C)(C)C)cc3c6[nH]5)s4)c2[nH]1. The van der Waals surface area contributed by atoms with Gasteiger partial charge in [0.1, 0.15) is 0 Å². The molecule has 0 aliphatic rings. The predicted molar refractivity (Wildman–Crippen MR) is 235 cm³/mol. The largest absolute Gasteiger partial charge is 0.354 e. The molecule has 0 saturated carbocycles. The summed E-state index contributed by atoms with van der Waals surface area (Å²) in [7, 11) is 0. The molecule has 4 aromatic carbocycles. The molecule has 9 rings (SSSR count). The van der Waals surface area contributed by atoms with Crippen LogP contribution < -0.4 is 0 Å². The van der Waals surface area contributed by atoms with Crippen LogP contribution in [0.5, 0.6) is 0 Å². The fourth-order valence-corrected chi connectivity index (χ4v) is 10.2. The fraction of sp³-hybridized carbons (Fsp3) is 0.333. The first-order valence-electron chi connectivity index (χ1n) is 18.7. The second-order valence-electron chi connectivity index (χ2n) is 19.4. The van der Waals surface area contributed by atoms with Crippen molar-refractivity contribution in [2.45, 2.75) is 105 Å². The summed E-state index contributed by atoms with van der Waals surface area (Å²) in [6, 6.07) is 29.3. The van der Waals surface area contributed by atoms with Gasteiger partial charge < -0.3 is 9.97 Å². The minimum absolute atomic E-state index is 0.00895. The molecule has 4 heteroatoms. The van der Waals surface area contributed by atoms with Crippen LogP contribution in [0.1, 0.15) is 105 Å². The standard InChI is InChI=1S/C48H50N2S2/c1-45(2,3)27-13-25-15-37-31-17-29(47(7,8)9)22-40-34(31)24-42(52-40)36-20-28(46(4,5)6)14-26-16-38(50-44(26)36)32-18-30(48(10,11)12)21-39-33(32)23-41(51-39)35(19-27)43(25)49-37/h13-24,49-50H,1-12H3. The number of benzene rings is 4. The highest BCUT2D eigenvalue weighted by Crippen LogP contribution is 2.44. The molecular formula is C48H50N2S2. The highest BCUT2D eigenvalue weighted by atomic mass is 32.1. The van der Waals surface area contributed by atoms with Crippen molar-refractivity contribution in [1.82, 2.24) is 9.97 Å². The lowest BCUT2D eigenvalue weighted by Gasteiger charge is -2.19. The molecule has 0 spiro atoms. The van der Waals surface area contributed by atoms with E-state index in [9.17, 15) is 0 Å². The summed E-state index contributed by atoms with van der Waals surface area (Å²) in [4.78, 5) is 8.07. The molecule has 0 aliphatic carbocycles. The van der Waals surface area contributed by atoms with Crippen molar-refractivity contribution in [2.75, 3.05) is 0 Å². The van der Waals surface area contributed by atoms with Crippen molar-refractivity contribution in [1.29, 1.82) is 0 Å². The van der Waals surface area contributed by atoms with E-state index in [1.807, 2.05) is 22.7 Å². The molecule has 52 heavy (non-hydrogen) atoms. The third kappa shape index (κ3) is 5.31. The Morgan fingerprint density at radius 2 is 0.635 bits per heavy atom. The molecule has 0 atom stereocenters.